The summed E-state index contributed by atoms with van der Waals surface area (Å²) in [5, 5.41) is 0. The van der Waals surface area contributed by atoms with E-state index in [0.717, 1.165) is 5.76 Å². The molecule has 0 bridgehead atoms. The molecule has 0 saturated carbocycles. The lowest BCUT2D eigenvalue weighted by Gasteiger charge is -2.19. The van der Waals surface area contributed by atoms with Crippen molar-refractivity contribution in [2.24, 2.45) is 0 Å². The number of hydrogen-bond acceptors (Lipinski definition) is 6. The van der Waals surface area contributed by atoms with Crippen LogP contribution in [-0.4, -0.2) is 24.6 Å². The molecule has 0 aliphatic heterocycles. The highest BCUT2D eigenvalue weighted by Gasteiger charge is 2.18. The van der Waals surface area contributed by atoms with Gasteiger partial charge in [-0.05, 0) is 25.1 Å². The van der Waals surface area contributed by atoms with E-state index >= 15 is 0 Å². The van der Waals surface area contributed by atoms with Crippen LogP contribution in [-0.2, 0) is 11.3 Å². The molecule has 2 aromatic heterocycles. The first-order valence-electron chi connectivity index (χ1n) is 6.28. The van der Waals surface area contributed by atoms with E-state index in [9.17, 15) is 4.79 Å². The molecule has 20 heavy (non-hydrogen) atoms. The predicted molar refractivity (Wildman–Crippen MR) is 75.4 cm³/mol. The molecular weight excluding hydrogens is 258 g/mol. The van der Waals surface area contributed by atoms with Crippen LogP contribution in [0.25, 0.3) is 0 Å². The van der Waals surface area contributed by atoms with Gasteiger partial charge in [-0.3, -0.25) is 0 Å². The van der Waals surface area contributed by atoms with E-state index in [2.05, 4.69) is 4.98 Å². The highest BCUT2D eigenvalue weighted by atomic mass is 16.5. The number of furan rings is 1. The fourth-order valence-corrected chi connectivity index (χ4v) is 1.85. The van der Waals surface area contributed by atoms with E-state index in [1.54, 1.807) is 19.3 Å². The molecule has 0 fully saturated rings. The van der Waals surface area contributed by atoms with Crippen LogP contribution < -0.4 is 10.6 Å². The third kappa shape index (κ3) is 3.09. The molecule has 0 saturated heterocycles. The minimum atomic E-state index is -0.436. The predicted octanol–water partition coefficient (Wildman–Crippen LogP) is 2.07. The number of nitrogen functional groups attached to an aromatic ring is 1. The van der Waals surface area contributed by atoms with Gasteiger partial charge in [0.25, 0.3) is 0 Å². The van der Waals surface area contributed by atoms with E-state index < -0.39 is 5.97 Å². The minimum absolute atomic E-state index is 0.301. The van der Waals surface area contributed by atoms with Crippen molar-refractivity contribution in [2.75, 3.05) is 24.3 Å². The number of ether oxygens (including phenoxy) is 1. The number of anilines is 2. The number of rotatable bonds is 5. The summed E-state index contributed by atoms with van der Waals surface area (Å²) in [5.74, 6) is 0.851. The molecule has 0 radical (unpaired) electrons. The number of nitrogens with two attached hydrogens (primary N) is 1. The first kappa shape index (κ1) is 13.9. The van der Waals surface area contributed by atoms with Crippen molar-refractivity contribution in [3.8, 4) is 0 Å². The van der Waals surface area contributed by atoms with Crippen LogP contribution in [0, 0.1) is 0 Å². The highest BCUT2D eigenvalue weighted by Crippen LogP contribution is 2.21. The second-order valence-corrected chi connectivity index (χ2v) is 4.30. The Hall–Kier alpha value is -2.50. The molecule has 6 heteroatoms. The topological polar surface area (TPSA) is 81.6 Å². The van der Waals surface area contributed by atoms with Gasteiger partial charge in [0, 0.05) is 7.05 Å². The van der Waals surface area contributed by atoms with Crippen molar-refractivity contribution in [2.45, 2.75) is 13.5 Å². The Morgan fingerprint density at radius 1 is 1.55 bits per heavy atom. The summed E-state index contributed by atoms with van der Waals surface area (Å²) in [6.07, 6.45) is 3.11. The highest BCUT2D eigenvalue weighted by molar-refractivity contribution is 5.95. The standard InChI is InChI=1S/C14H17N3O3/c1-3-19-14(18)12-7-10(15)8-16-13(12)17(2)9-11-5-4-6-20-11/h4-8H,3,9,15H2,1-2H3. The molecule has 0 aromatic carbocycles. The van der Waals surface area contributed by atoms with Gasteiger partial charge in [-0.15, -0.1) is 0 Å². The maximum absolute atomic E-state index is 12.0. The van der Waals surface area contributed by atoms with E-state index in [4.69, 9.17) is 14.9 Å². The average molecular weight is 275 g/mol. The van der Waals surface area contributed by atoms with Crippen LogP contribution >= 0.6 is 0 Å². The van der Waals surface area contributed by atoms with Gasteiger partial charge in [0.1, 0.15) is 17.1 Å². The maximum Gasteiger partial charge on any atom is 0.341 e. The summed E-state index contributed by atoms with van der Waals surface area (Å²) in [5.41, 5.74) is 6.46. The molecule has 0 atom stereocenters. The Balaban J connectivity index is 2.27. The lowest BCUT2D eigenvalue weighted by Crippen LogP contribution is -2.21. The van der Waals surface area contributed by atoms with Crippen LogP contribution in [0.3, 0.4) is 0 Å². The second-order valence-electron chi connectivity index (χ2n) is 4.30. The van der Waals surface area contributed by atoms with Gasteiger partial charge in [0.2, 0.25) is 0 Å². The average Bonchev–Trinajstić information content (AvgIpc) is 2.91. The zero-order chi connectivity index (χ0) is 14.5. The van der Waals surface area contributed by atoms with E-state index in [1.807, 2.05) is 24.1 Å². The van der Waals surface area contributed by atoms with Crippen molar-refractivity contribution in [3.63, 3.8) is 0 Å². The molecule has 106 valence electrons. The minimum Gasteiger partial charge on any atom is -0.467 e. The normalized spacial score (nSPS) is 10.3. The van der Waals surface area contributed by atoms with Gasteiger partial charge < -0.3 is 19.8 Å². The van der Waals surface area contributed by atoms with Crippen LogP contribution in [0.5, 0.6) is 0 Å². The van der Waals surface area contributed by atoms with Gasteiger partial charge >= 0.3 is 5.97 Å². The summed E-state index contributed by atoms with van der Waals surface area (Å²) in [7, 11) is 1.82. The molecule has 0 amide bonds. The number of carbonyl (C=O) groups is 1. The van der Waals surface area contributed by atoms with Crippen molar-refractivity contribution < 1.29 is 13.9 Å². The number of hydrogen-bond donors (Lipinski definition) is 1. The number of esters is 1. The molecule has 2 rings (SSSR count). The van der Waals surface area contributed by atoms with Crippen LogP contribution in [0.1, 0.15) is 23.0 Å². The lowest BCUT2D eigenvalue weighted by atomic mass is 10.2. The smallest absolute Gasteiger partial charge is 0.341 e. The summed E-state index contributed by atoms with van der Waals surface area (Å²) in [4.78, 5) is 18.0. The number of pyridine rings is 1. The number of carbonyl (C=O) groups excluding carboxylic acids is 1. The summed E-state index contributed by atoms with van der Waals surface area (Å²) in [6.45, 7) is 2.55. The summed E-state index contributed by atoms with van der Waals surface area (Å²) < 4.78 is 10.3. The molecule has 0 aliphatic carbocycles. The lowest BCUT2D eigenvalue weighted by molar-refractivity contribution is 0.0526. The molecule has 6 nitrogen and oxygen atoms in total. The third-order valence-electron chi connectivity index (χ3n) is 2.72. The number of nitrogens with zero attached hydrogens (tertiary/aromatic N) is 2. The van der Waals surface area contributed by atoms with Gasteiger partial charge in [0.15, 0.2) is 0 Å². The van der Waals surface area contributed by atoms with E-state index in [0.29, 0.717) is 30.2 Å². The van der Waals surface area contributed by atoms with Gasteiger partial charge in [0.05, 0.1) is 31.3 Å². The molecule has 0 spiro atoms. The van der Waals surface area contributed by atoms with Crippen LogP contribution in [0.15, 0.2) is 35.1 Å². The van der Waals surface area contributed by atoms with E-state index in [1.165, 1.54) is 6.20 Å². The Labute approximate surface area is 117 Å². The molecule has 0 aliphatic rings. The van der Waals surface area contributed by atoms with Gasteiger partial charge in [-0.1, -0.05) is 0 Å². The van der Waals surface area contributed by atoms with Crippen molar-refractivity contribution in [3.05, 3.63) is 42.0 Å². The Bertz CT molecular complexity index is 581. The van der Waals surface area contributed by atoms with E-state index in [-0.39, 0.29) is 0 Å². The zero-order valence-corrected chi connectivity index (χ0v) is 11.5. The third-order valence-corrected chi connectivity index (χ3v) is 2.72. The SMILES string of the molecule is CCOC(=O)c1cc(N)cnc1N(C)Cc1ccco1. The molecule has 2 heterocycles. The van der Waals surface area contributed by atoms with Gasteiger partial charge in [-0.2, -0.15) is 0 Å². The van der Waals surface area contributed by atoms with Crippen molar-refractivity contribution in [1.29, 1.82) is 0 Å². The Kier molecular flexibility index (Phi) is 4.24. The van der Waals surface area contributed by atoms with Crippen molar-refractivity contribution in [1.82, 2.24) is 4.98 Å². The molecule has 2 aromatic rings. The first-order valence-corrected chi connectivity index (χ1v) is 6.28. The quantitative estimate of drug-likeness (QED) is 0.841. The number of aromatic nitrogens is 1. The second kappa shape index (κ2) is 6.10. The fourth-order valence-electron chi connectivity index (χ4n) is 1.85. The fraction of sp³-hybridized carbons (Fsp3) is 0.286. The van der Waals surface area contributed by atoms with Crippen molar-refractivity contribution >= 4 is 17.5 Å². The summed E-state index contributed by atoms with van der Waals surface area (Å²) in [6, 6.07) is 5.24. The Morgan fingerprint density at radius 3 is 3.00 bits per heavy atom. The largest absolute Gasteiger partial charge is 0.467 e. The first-order chi connectivity index (χ1) is 9.61. The van der Waals surface area contributed by atoms with Gasteiger partial charge in [-0.25, -0.2) is 9.78 Å². The molecule has 0 unspecified atom stereocenters. The van der Waals surface area contributed by atoms with Crippen LogP contribution in [0.4, 0.5) is 11.5 Å². The molecule has 2 N–H and O–H groups in total. The molecular formula is C14H17N3O3. The maximum atomic E-state index is 12.0. The summed E-state index contributed by atoms with van der Waals surface area (Å²) >= 11 is 0. The zero-order valence-electron chi connectivity index (χ0n) is 11.5. The monoisotopic (exact) mass is 275 g/mol. The van der Waals surface area contributed by atoms with Crippen LogP contribution in [0.2, 0.25) is 0 Å². The Morgan fingerprint density at radius 2 is 2.35 bits per heavy atom.